The van der Waals surface area contributed by atoms with Crippen molar-refractivity contribution >= 4 is 47.7 Å². The zero-order valence-electron chi connectivity index (χ0n) is 4.67. The summed E-state index contributed by atoms with van der Waals surface area (Å²) in [5, 5.41) is 0. The summed E-state index contributed by atoms with van der Waals surface area (Å²) >= 11 is 5.40. The zero-order valence-corrected chi connectivity index (χ0v) is 11.8. The molecule has 0 aliphatic rings. The van der Waals surface area contributed by atoms with Crippen LogP contribution in [0.2, 0.25) is 8.87 Å². The Hall–Kier alpha value is 2.26. The summed E-state index contributed by atoms with van der Waals surface area (Å²) in [5.41, 5.74) is 0. The molecule has 0 heterocycles. The predicted molar refractivity (Wildman–Crippen MR) is 54.8 cm³/mol. The van der Waals surface area contributed by atoms with Gasteiger partial charge in [-0.1, -0.05) is 0 Å². The summed E-state index contributed by atoms with van der Waals surface area (Å²) in [6.07, 6.45) is 0. The molecule has 7 heavy (non-hydrogen) atoms. The van der Waals surface area contributed by atoms with E-state index in [2.05, 4.69) is 51.1 Å². The fourth-order valence-corrected chi connectivity index (χ4v) is 1.68. The molecule has 0 aliphatic heterocycles. The van der Waals surface area contributed by atoms with E-state index in [0.717, 1.165) is 0 Å². The van der Waals surface area contributed by atoms with Crippen LogP contribution >= 0.6 is 37.3 Å². The molecular weight excluding hydrogens is 421 g/mol. The number of halogens is 2. The standard InChI is InChI=1S/2C2H5.2HI.Sn/c2*1-2;;;/h2*1H2,2H3;2*1H;/q;;;;+2/p-2. The van der Waals surface area contributed by atoms with Crippen LogP contribution in [0.1, 0.15) is 13.8 Å². The molecule has 0 aromatic carbocycles. The molecular formula is C4H10I2Sn. The van der Waals surface area contributed by atoms with E-state index in [-0.39, 0.29) is 0 Å². The van der Waals surface area contributed by atoms with Crippen LogP contribution in [0.3, 0.4) is 0 Å². The van der Waals surface area contributed by atoms with E-state index in [1.165, 1.54) is 8.87 Å². The molecule has 0 fully saturated rings. The Labute approximate surface area is 69.1 Å². The number of hydrogen-bond acceptors (Lipinski definition) is 0. The van der Waals surface area contributed by atoms with Crippen molar-refractivity contribution in [3.05, 3.63) is 0 Å². The van der Waals surface area contributed by atoms with Gasteiger partial charge < -0.3 is 0 Å². The molecule has 0 saturated heterocycles. The van der Waals surface area contributed by atoms with Crippen molar-refractivity contribution in [2.24, 2.45) is 0 Å². The molecule has 0 aromatic rings. The van der Waals surface area contributed by atoms with Gasteiger partial charge in [0.2, 0.25) is 0 Å². The average Bonchev–Trinajstić information content (AvgIpc) is 1.68. The molecule has 0 radical (unpaired) electrons. The van der Waals surface area contributed by atoms with Gasteiger partial charge in [0, 0.05) is 0 Å². The molecule has 0 saturated carbocycles. The monoisotopic (exact) mass is 432 g/mol. The van der Waals surface area contributed by atoms with Crippen molar-refractivity contribution in [1.82, 2.24) is 0 Å². The first-order valence-corrected chi connectivity index (χ1v) is 23.2. The maximum absolute atomic E-state index is 2.70. The fraction of sp³-hybridized carbons (Fsp3) is 1.00. The Morgan fingerprint density at radius 2 is 1.43 bits per heavy atom. The van der Waals surface area contributed by atoms with Crippen LogP contribution in [0.15, 0.2) is 0 Å². The molecule has 0 aliphatic carbocycles. The van der Waals surface area contributed by atoms with E-state index in [1.807, 2.05) is 0 Å². The van der Waals surface area contributed by atoms with Gasteiger partial charge in [-0.2, -0.15) is 0 Å². The summed E-state index contributed by atoms with van der Waals surface area (Å²) in [4.78, 5) is 0. The molecule has 44 valence electrons. The quantitative estimate of drug-likeness (QED) is 0.466. The van der Waals surface area contributed by atoms with Gasteiger partial charge in [0.1, 0.15) is 0 Å². The van der Waals surface area contributed by atoms with Crippen LogP contribution in [0.4, 0.5) is 0 Å². The van der Waals surface area contributed by atoms with Crippen molar-refractivity contribution in [3.63, 3.8) is 0 Å². The van der Waals surface area contributed by atoms with E-state index >= 15 is 0 Å². The average molecular weight is 431 g/mol. The van der Waals surface area contributed by atoms with Crippen molar-refractivity contribution in [1.29, 1.82) is 0 Å². The Balaban J connectivity index is 3.36. The van der Waals surface area contributed by atoms with Crippen molar-refractivity contribution in [2.75, 3.05) is 0 Å². The Morgan fingerprint density at radius 3 is 1.43 bits per heavy atom. The van der Waals surface area contributed by atoms with Crippen molar-refractivity contribution in [3.8, 4) is 0 Å². The minimum absolute atomic E-state index is 1.34. The molecule has 0 nitrogen and oxygen atoms in total. The van der Waals surface area contributed by atoms with E-state index in [1.54, 1.807) is 0 Å². The van der Waals surface area contributed by atoms with Gasteiger partial charge in [0.25, 0.3) is 0 Å². The van der Waals surface area contributed by atoms with Crippen molar-refractivity contribution in [2.45, 2.75) is 22.7 Å². The van der Waals surface area contributed by atoms with Gasteiger partial charge in [0.05, 0.1) is 0 Å². The minimum atomic E-state index is -1.34. The van der Waals surface area contributed by atoms with Crippen LogP contribution < -0.4 is 0 Å². The molecule has 0 N–H and O–H groups in total. The van der Waals surface area contributed by atoms with Crippen LogP contribution in [0.5, 0.6) is 0 Å². The van der Waals surface area contributed by atoms with E-state index in [4.69, 9.17) is 0 Å². The molecule has 0 atom stereocenters. The second-order valence-corrected chi connectivity index (χ2v) is 52.0. The van der Waals surface area contributed by atoms with Gasteiger partial charge in [-0.05, 0) is 0 Å². The van der Waals surface area contributed by atoms with Gasteiger partial charge in [0.15, 0.2) is 0 Å². The van der Waals surface area contributed by atoms with E-state index < -0.39 is 10.4 Å². The van der Waals surface area contributed by atoms with Gasteiger partial charge in [-0.15, -0.1) is 0 Å². The fourth-order valence-electron chi connectivity index (χ4n) is 0.250. The van der Waals surface area contributed by atoms with Gasteiger partial charge in [-0.3, -0.25) is 0 Å². The first-order chi connectivity index (χ1) is 3.12. The van der Waals surface area contributed by atoms with Crippen LogP contribution in [0.25, 0.3) is 0 Å². The SMILES string of the molecule is C[CH2][Sn]([I])([I])[CH2]C. The van der Waals surface area contributed by atoms with E-state index in [0.29, 0.717) is 0 Å². The zero-order chi connectivity index (χ0) is 5.91. The van der Waals surface area contributed by atoms with E-state index in [9.17, 15) is 0 Å². The van der Waals surface area contributed by atoms with Gasteiger partial charge >= 0.3 is 70.4 Å². The molecule has 0 bridgehead atoms. The first-order valence-electron chi connectivity index (χ1n) is 2.50. The molecule has 0 aromatic heterocycles. The third kappa shape index (κ3) is 4.74. The molecule has 0 spiro atoms. The third-order valence-electron chi connectivity index (χ3n) is 1.03. The molecule has 3 heteroatoms. The van der Waals surface area contributed by atoms with Crippen LogP contribution in [0, 0.1) is 0 Å². The van der Waals surface area contributed by atoms with Crippen molar-refractivity contribution < 1.29 is 0 Å². The van der Waals surface area contributed by atoms with Gasteiger partial charge in [-0.25, -0.2) is 0 Å². The Bertz CT molecular complexity index is 47.7. The molecule has 0 rings (SSSR count). The Morgan fingerprint density at radius 1 is 1.14 bits per heavy atom. The molecule has 0 amide bonds. The van der Waals surface area contributed by atoms with Crippen LogP contribution in [-0.2, 0) is 0 Å². The maximum atomic E-state index is 2.70. The topological polar surface area (TPSA) is 0 Å². The third-order valence-corrected chi connectivity index (χ3v) is 27.4. The summed E-state index contributed by atoms with van der Waals surface area (Å²) in [6.45, 7) is 4.64. The summed E-state index contributed by atoms with van der Waals surface area (Å²) < 4.78 is 2.96. The molecule has 0 unspecified atom stereocenters. The summed E-state index contributed by atoms with van der Waals surface area (Å²) in [6, 6.07) is 0. The predicted octanol–water partition coefficient (Wildman–Crippen LogP) is 3.34. The normalized spacial score (nSPS) is 12.0. The van der Waals surface area contributed by atoms with Crippen LogP contribution in [-0.4, -0.2) is 10.4 Å². The second-order valence-electron chi connectivity index (χ2n) is 1.56. The number of rotatable bonds is 2. The number of hydrogen-bond donors (Lipinski definition) is 0. The second kappa shape index (κ2) is 4.13. The summed E-state index contributed by atoms with van der Waals surface area (Å²) in [5.74, 6) is 0. The first kappa shape index (κ1) is 9.26. The summed E-state index contributed by atoms with van der Waals surface area (Å²) in [7, 11) is -1.34. The Kier molecular flexibility index (Phi) is 5.47.